The number of hydrogen-bond acceptors (Lipinski definition) is 4. The van der Waals surface area contributed by atoms with Crippen molar-refractivity contribution in [2.24, 2.45) is 0 Å². The highest BCUT2D eigenvalue weighted by molar-refractivity contribution is 5.76. The SMILES string of the molecule is CCCCCCCCCCCCCCCCCC/C=C/C(O)C(CO)NC(=O)CC(O)CCCCCCCCCCCCCCCCCCCCCCCCCCCCCCCCCCCCCCC. The van der Waals surface area contributed by atoms with Crippen molar-refractivity contribution >= 4 is 5.91 Å². The van der Waals surface area contributed by atoms with Crippen molar-refractivity contribution < 1.29 is 20.1 Å². The fourth-order valence-corrected chi connectivity index (χ4v) is 10.6. The van der Waals surface area contributed by atoms with Gasteiger partial charge >= 0.3 is 0 Å². The fraction of sp³-hybridized carbons (Fsp3) is 0.954. The Bertz CT molecular complexity index is 1000. The molecular weight excluding hydrogens is 859 g/mol. The maximum atomic E-state index is 12.5. The van der Waals surface area contributed by atoms with Crippen molar-refractivity contribution in [1.29, 1.82) is 0 Å². The molecule has 0 spiro atoms. The van der Waals surface area contributed by atoms with E-state index in [0.717, 1.165) is 25.7 Å². The van der Waals surface area contributed by atoms with Crippen LogP contribution in [-0.2, 0) is 4.79 Å². The lowest BCUT2D eigenvalue weighted by molar-refractivity contribution is -0.124. The van der Waals surface area contributed by atoms with E-state index < -0.39 is 18.2 Å². The zero-order chi connectivity index (χ0) is 50.7. The molecule has 0 aliphatic rings. The van der Waals surface area contributed by atoms with E-state index in [9.17, 15) is 20.1 Å². The van der Waals surface area contributed by atoms with Crippen LogP contribution in [0.3, 0.4) is 0 Å². The summed E-state index contributed by atoms with van der Waals surface area (Å²) in [5, 5.41) is 33.5. The number of aliphatic hydroxyl groups excluding tert-OH is 3. The number of carbonyl (C=O) groups excluding carboxylic acids is 1. The molecule has 0 saturated heterocycles. The van der Waals surface area contributed by atoms with Crippen molar-refractivity contribution in [2.45, 2.75) is 392 Å². The molecule has 418 valence electrons. The van der Waals surface area contributed by atoms with Gasteiger partial charge in [0.05, 0.1) is 31.3 Å². The zero-order valence-electron chi connectivity index (χ0n) is 47.9. The summed E-state index contributed by atoms with van der Waals surface area (Å²) in [5.41, 5.74) is 0. The van der Waals surface area contributed by atoms with Gasteiger partial charge in [0.25, 0.3) is 0 Å². The summed E-state index contributed by atoms with van der Waals surface area (Å²) in [6, 6.07) is -0.741. The lowest BCUT2D eigenvalue weighted by atomic mass is 10.0. The molecule has 1 amide bonds. The Morgan fingerprint density at radius 3 is 0.829 bits per heavy atom. The Balaban J connectivity index is 3.43. The summed E-state index contributed by atoms with van der Waals surface area (Å²) >= 11 is 0. The molecule has 3 atom stereocenters. The Hall–Kier alpha value is -0.910. The number of nitrogens with one attached hydrogen (secondary N) is 1. The summed E-state index contributed by atoms with van der Waals surface area (Å²) in [6.45, 7) is 4.26. The number of rotatable bonds is 61. The molecule has 0 rings (SSSR count). The zero-order valence-corrected chi connectivity index (χ0v) is 47.9. The number of aliphatic hydroxyl groups is 3. The van der Waals surface area contributed by atoms with Crippen LogP contribution in [0.4, 0.5) is 0 Å². The fourth-order valence-electron chi connectivity index (χ4n) is 10.6. The molecule has 0 aromatic carbocycles. The molecule has 5 nitrogen and oxygen atoms in total. The number of amides is 1. The molecule has 0 radical (unpaired) electrons. The minimum Gasteiger partial charge on any atom is -0.394 e. The van der Waals surface area contributed by atoms with Crippen LogP contribution in [0, 0.1) is 0 Å². The van der Waals surface area contributed by atoms with Crippen molar-refractivity contribution in [1.82, 2.24) is 5.32 Å². The van der Waals surface area contributed by atoms with Crippen LogP contribution in [0.15, 0.2) is 12.2 Å². The van der Waals surface area contributed by atoms with Crippen molar-refractivity contribution in [3.63, 3.8) is 0 Å². The normalized spacial score (nSPS) is 13.2. The minimum absolute atomic E-state index is 0.0197. The Kier molecular flexibility index (Phi) is 59.9. The standard InChI is InChI=1S/C65H129NO4/c1-3-5-7-9-11-13-15-17-19-21-23-24-25-26-27-28-29-30-31-32-33-34-35-36-37-38-39-40-41-42-44-46-48-50-52-54-56-58-62(68)60-65(70)66-63(61-67)64(69)59-57-55-53-51-49-47-45-43-22-20-18-16-14-12-10-8-6-4-2/h57,59,62-64,67-69H,3-56,58,60-61H2,1-2H3,(H,66,70)/b59-57+. The molecule has 0 aromatic heterocycles. The topological polar surface area (TPSA) is 89.8 Å². The second kappa shape index (κ2) is 60.6. The molecule has 0 bridgehead atoms. The van der Waals surface area contributed by atoms with Gasteiger partial charge in [0.15, 0.2) is 0 Å². The average molecular weight is 989 g/mol. The van der Waals surface area contributed by atoms with Crippen LogP contribution in [-0.4, -0.2) is 46.1 Å². The van der Waals surface area contributed by atoms with Gasteiger partial charge < -0.3 is 20.6 Å². The van der Waals surface area contributed by atoms with E-state index >= 15 is 0 Å². The van der Waals surface area contributed by atoms with Gasteiger partial charge in [-0.2, -0.15) is 0 Å². The first-order valence-corrected chi connectivity index (χ1v) is 32.5. The molecule has 70 heavy (non-hydrogen) atoms. The van der Waals surface area contributed by atoms with E-state index in [4.69, 9.17) is 0 Å². The van der Waals surface area contributed by atoms with Gasteiger partial charge in [-0.3, -0.25) is 4.79 Å². The third-order valence-corrected chi connectivity index (χ3v) is 15.6. The largest absolute Gasteiger partial charge is 0.394 e. The Labute approximate surface area is 440 Å². The second-order valence-corrected chi connectivity index (χ2v) is 22.7. The molecule has 0 heterocycles. The quantitative estimate of drug-likeness (QED) is 0.0361. The van der Waals surface area contributed by atoms with E-state index in [2.05, 4.69) is 19.2 Å². The van der Waals surface area contributed by atoms with Gasteiger partial charge in [0.2, 0.25) is 5.91 Å². The lowest BCUT2D eigenvalue weighted by Gasteiger charge is -2.21. The third-order valence-electron chi connectivity index (χ3n) is 15.6. The van der Waals surface area contributed by atoms with Crippen molar-refractivity contribution in [2.75, 3.05) is 6.61 Å². The first kappa shape index (κ1) is 69.1. The molecule has 3 unspecified atom stereocenters. The molecule has 5 heteroatoms. The van der Waals surface area contributed by atoms with E-state index in [-0.39, 0.29) is 18.9 Å². The van der Waals surface area contributed by atoms with Crippen molar-refractivity contribution in [3.05, 3.63) is 12.2 Å². The summed E-state index contributed by atoms with van der Waals surface area (Å²) in [5.74, 6) is -0.307. The predicted octanol–water partition coefficient (Wildman–Crippen LogP) is 20.6. The summed E-state index contributed by atoms with van der Waals surface area (Å²) in [7, 11) is 0. The van der Waals surface area contributed by atoms with E-state index in [1.54, 1.807) is 6.08 Å². The molecule has 0 saturated carbocycles. The predicted molar refractivity (Wildman–Crippen MR) is 310 cm³/mol. The molecule has 0 aliphatic heterocycles. The first-order valence-electron chi connectivity index (χ1n) is 32.5. The lowest BCUT2D eigenvalue weighted by Crippen LogP contribution is -2.45. The maximum Gasteiger partial charge on any atom is 0.222 e. The van der Waals surface area contributed by atoms with E-state index in [1.807, 2.05) is 6.08 Å². The summed E-state index contributed by atoms with van der Waals surface area (Å²) in [6.07, 6.45) is 77.4. The molecule has 0 fully saturated rings. The number of carbonyl (C=O) groups is 1. The van der Waals surface area contributed by atoms with Crippen LogP contribution in [0.25, 0.3) is 0 Å². The van der Waals surface area contributed by atoms with Crippen LogP contribution in [0.5, 0.6) is 0 Å². The highest BCUT2D eigenvalue weighted by Gasteiger charge is 2.20. The average Bonchev–Trinajstić information content (AvgIpc) is 3.36. The molecule has 4 N–H and O–H groups in total. The number of unbranched alkanes of at least 4 members (excludes halogenated alkanes) is 52. The van der Waals surface area contributed by atoms with E-state index in [1.165, 1.54) is 321 Å². The first-order chi connectivity index (χ1) is 34.5. The Morgan fingerprint density at radius 1 is 0.357 bits per heavy atom. The van der Waals surface area contributed by atoms with Crippen LogP contribution in [0.1, 0.15) is 373 Å². The van der Waals surface area contributed by atoms with Crippen LogP contribution >= 0.6 is 0 Å². The van der Waals surface area contributed by atoms with Crippen LogP contribution < -0.4 is 5.32 Å². The highest BCUT2D eigenvalue weighted by Crippen LogP contribution is 2.19. The Morgan fingerprint density at radius 2 is 0.586 bits per heavy atom. The highest BCUT2D eigenvalue weighted by atomic mass is 16.3. The van der Waals surface area contributed by atoms with Crippen molar-refractivity contribution in [3.8, 4) is 0 Å². The maximum absolute atomic E-state index is 12.5. The van der Waals surface area contributed by atoms with Gasteiger partial charge in [-0.25, -0.2) is 0 Å². The van der Waals surface area contributed by atoms with Gasteiger partial charge in [-0.15, -0.1) is 0 Å². The molecule has 0 aromatic rings. The number of allylic oxidation sites excluding steroid dienone is 1. The molecule has 0 aliphatic carbocycles. The monoisotopic (exact) mass is 988 g/mol. The van der Waals surface area contributed by atoms with E-state index in [0.29, 0.717) is 6.42 Å². The third kappa shape index (κ3) is 56.4. The van der Waals surface area contributed by atoms with Crippen LogP contribution in [0.2, 0.25) is 0 Å². The summed E-state index contributed by atoms with van der Waals surface area (Å²) in [4.78, 5) is 12.5. The van der Waals surface area contributed by atoms with Gasteiger partial charge in [-0.05, 0) is 19.3 Å². The molecular formula is C65H129NO4. The second-order valence-electron chi connectivity index (χ2n) is 22.7. The summed E-state index contributed by atoms with van der Waals surface area (Å²) < 4.78 is 0. The van der Waals surface area contributed by atoms with Gasteiger partial charge in [-0.1, -0.05) is 360 Å². The smallest absolute Gasteiger partial charge is 0.222 e. The van der Waals surface area contributed by atoms with Gasteiger partial charge in [0, 0.05) is 0 Å². The minimum atomic E-state index is -0.926. The number of hydrogen-bond donors (Lipinski definition) is 4. The van der Waals surface area contributed by atoms with Gasteiger partial charge in [0.1, 0.15) is 0 Å².